The molecule has 6 heterocycles. The number of piperidine rings is 1. The number of hydrogen-bond donors (Lipinski definition) is 1. The van der Waals surface area contributed by atoms with Gasteiger partial charge in [0, 0.05) is 37.7 Å². The number of ether oxygens (including phenoxy) is 2. The second kappa shape index (κ2) is 12.5. The zero-order valence-corrected chi connectivity index (χ0v) is 25.2. The number of anilines is 1. The molecule has 0 aliphatic carbocycles. The third-order valence-electron chi connectivity index (χ3n) is 7.58. The van der Waals surface area contributed by atoms with Crippen LogP contribution >= 0.6 is 0 Å². The molecule has 2 fully saturated rings. The van der Waals surface area contributed by atoms with Gasteiger partial charge in [-0.3, -0.25) is 4.79 Å². The number of carbonyl (C=O) groups is 2. The van der Waals surface area contributed by atoms with Gasteiger partial charge in [0.25, 0.3) is 5.91 Å². The van der Waals surface area contributed by atoms with E-state index in [0.717, 1.165) is 43.4 Å². The Bertz CT molecular complexity index is 1600. The molecule has 0 bridgehead atoms. The quantitative estimate of drug-likeness (QED) is 0.319. The van der Waals surface area contributed by atoms with Crippen LogP contribution in [0, 0.1) is 0 Å². The Balaban J connectivity index is 1.09. The smallest absolute Gasteiger partial charge is 0.410 e. The molecule has 230 valence electrons. The molecule has 1 N–H and O–H groups in total. The maximum atomic E-state index is 13.1. The topological polar surface area (TPSA) is 142 Å². The summed E-state index contributed by atoms with van der Waals surface area (Å²) in [5.41, 5.74) is 2.57. The molecule has 6 rings (SSSR count). The molecule has 2 atom stereocenters. The molecular formula is C31H37N9O4. The summed E-state index contributed by atoms with van der Waals surface area (Å²) in [5.74, 6) is 0.0177. The zero-order valence-electron chi connectivity index (χ0n) is 25.2. The Hall–Kier alpha value is -4.65. The van der Waals surface area contributed by atoms with Crippen molar-refractivity contribution < 1.29 is 19.1 Å². The first kappa shape index (κ1) is 29.4. The van der Waals surface area contributed by atoms with Gasteiger partial charge in [-0.05, 0) is 83.2 Å². The number of hydrogen-bond acceptors (Lipinski definition) is 9. The first-order valence-corrected chi connectivity index (χ1v) is 15.0. The highest BCUT2D eigenvalue weighted by atomic mass is 16.6. The maximum Gasteiger partial charge on any atom is 0.410 e. The van der Waals surface area contributed by atoms with E-state index in [1.165, 1.54) is 0 Å². The van der Waals surface area contributed by atoms with Crippen LogP contribution in [0.4, 0.5) is 10.6 Å². The van der Waals surface area contributed by atoms with Gasteiger partial charge in [-0.2, -0.15) is 5.10 Å². The number of nitrogens with zero attached hydrogens (tertiary/aromatic N) is 8. The lowest BCUT2D eigenvalue weighted by atomic mass is 10.1. The van der Waals surface area contributed by atoms with Gasteiger partial charge in [0.15, 0.2) is 6.23 Å². The van der Waals surface area contributed by atoms with Crippen LogP contribution in [0.3, 0.4) is 0 Å². The van der Waals surface area contributed by atoms with Crippen LogP contribution in [0.1, 0.15) is 75.6 Å². The lowest BCUT2D eigenvalue weighted by molar-refractivity contribution is -0.0384. The highest BCUT2D eigenvalue weighted by Crippen LogP contribution is 2.28. The van der Waals surface area contributed by atoms with Crippen molar-refractivity contribution in [3.63, 3.8) is 0 Å². The van der Waals surface area contributed by atoms with E-state index in [1.807, 2.05) is 49.8 Å². The van der Waals surface area contributed by atoms with Gasteiger partial charge in [-0.25, -0.2) is 24.1 Å². The molecule has 0 saturated carbocycles. The molecular weight excluding hydrogens is 562 g/mol. The molecule has 2 saturated heterocycles. The van der Waals surface area contributed by atoms with Crippen LogP contribution in [-0.2, 0) is 9.47 Å². The third kappa shape index (κ3) is 6.77. The molecule has 0 spiro atoms. The lowest BCUT2D eigenvalue weighted by Gasteiger charge is -2.33. The molecule has 13 nitrogen and oxygen atoms in total. The van der Waals surface area contributed by atoms with E-state index >= 15 is 0 Å². The van der Waals surface area contributed by atoms with Crippen molar-refractivity contribution >= 4 is 17.8 Å². The SMILES string of the molecule is CC(C)(C)OC(=O)N1CCC[C@@H](n2cc(-c3ccc(NC(=O)c4cccc(-c5ccnn5C5CCCCO5)n4)nc3)nn2)C1. The Morgan fingerprint density at radius 2 is 1.93 bits per heavy atom. The minimum Gasteiger partial charge on any atom is -0.444 e. The summed E-state index contributed by atoms with van der Waals surface area (Å²) in [5, 5.41) is 15.9. The molecule has 0 radical (unpaired) electrons. The van der Waals surface area contributed by atoms with E-state index in [2.05, 4.69) is 30.7 Å². The van der Waals surface area contributed by atoms with Crippen LogP contribution in [0.15, 0.2) is 55.0 Å². The normalized spacial score (nSPS) is 19.0. The minimum atomic E-state index is -0.543. The van der Waals surface area contributed by atoms with Gasteiger partial charge in [0.1, 0.15) is 22.8 Å². The van der Waals surface area contributed by atoms with E-state index in [0.29, 0.717) is 36.9 Å². The van der Waals surface area contributed by atoms with Crippen LogP contribution < -0.4 is 5.32 Å². The van der Waals surface area contributed by atoms with Gasteiger partial charge in [-0.1, -0.05) is 11.3 Å². The van der Waals surface area contributed by atoms with Crippen molar-refractivity contribution in [1.29, 1.82) is 0 Å². The van der Waals surface area contributed by atoms with Crippen LogP contribution in [0.2, 0.25) is 0 Å². The molecule has 2 amide bonds. The van der Waals surface area contributed by atoms with Gasteiger partial charge in [0.05, 0.1) is 23.6 Å². The third-order valence-corrected chi connectivity index (χ3v) is 7.58. The molecule has 2 aliphatic rings. The van der Waals surface area contributed by atoms with E-state index < -0.39 is 5.60 Å². The monoisotopic (exact) mass is 599 g/mol. The van der Waals surface area contributed by atoms with E-state index in [1.54, 1.807) is 40.2 Å². The number of pyridine rings is 2. The average Bonchev–Trinajstić information content (AvgIpc) is 3.72. The standard InChI is InChI=1S/C31H37N9O4/c1-31(2,3)44-30(42)38-16-7-8-22(19-38)39-20-25(36-37-39)21-12-13-27(32-18-21)35-29(41)24-10-6-9-23(34-24)26-14-15-33-40(26)28-11-4-5-17-43-28/h6,9-10,12-15,18,20,22,28H,4-5,7-8,11,16-17,19H2,1-3H3,(H,32,35,41)/t22-,28?/m1/s1. The summed E-state index contributed by atoms with van der Waals surface area (Å²) in [6.07, 6.45) is 9.54. The molecule has 13 heteroatoms. The molecule has 0 aromatic carbocycles. The summed E-state index contributed by atoms with van der Waals surface area (Å²) in [6.45, 7) is 7.46. The van der Waals surface area contributed by atoms with Gasteiger partial charge in [-0.15, -0.1) is 5.10 Å². The maximum absolute atomic E-state index is 13.1. The first-order valence-electron chi connectivity index (χ1n) is 15.0. The summed E-state index contributed by atoms with van der Waals surface area (Å²) in [7, 11) is 0. The molecule has 4 aromatic heterocycles. The predicted molar refractivity (Wildman–Crippen MR) is 162 cm³/mol. The fraction of sp³-hybridized carbons (Fsp3) is 0.452. The van der Waals surface area contributed by atoms with Gasteiger partial charge in [0.2, 0.25) is 0 Å². The predicted octanol–water partition coefficient (Wildman–Crippen LogP) is 5.12. The fourth-order valence-corrected chi connectivity index (χ4v) is 5.42. The summed E-state index contributed by atoms with van der Waals surface area (Å²) in [6, 6.07) is 10.8. The summed E-state index contributed by atoms with van der Waals surface area (Å²) < 4.78 is 15.1. The average molecular weight is 600 g/mol. The fourth-order valence-electron chi connectivity index (χ4n) is 5.42. The molecule has 4 aromatic rings. The van der Waals surface area contributed by atoms with E-state index in [9.17, 15) is 9.59 Å². The van der Waals surface area contributed by atoms with Crippen LogP contribution in [0.5, 0.6) is 0 Å². The number of aromatic nitrogens is 7. The van der Waals surface area contributed by atoms with Crippen molar-refractivity contribution in [2.45, 2.75) is 70.7 Å². The number of likely N-dealkylation sites (tertiary alicyclic amines) is 1. The number of rotatable bonds is 6. The lowest BCUT2D eigenvalue weighted by Crippen LogP contribution is -2.43. The van der Waals surface area contributed by atoms with E-state index in [-0.39, 0.29) is 30.0 Å². The summed E-state index contributed by atoms with van der Waals surface area (Å²) >= 11 is 0. The Kier molecular flexibility index (Phi) is 8.38. The molecule has 2 aliphatic heterocycles. The van der Waals surface area contributed by atoms with Crippen LogP contribution in [-0.4, -0.2) is 76.9 Å². The number of carbonyl (C=O) groups excluding carboxylic acids is 2. The van der Waals surface area contributed by atoms with Crippen molar-refractivity contribution in [3.8, 4) is 22.6 Å². The van der Waals surface area contributed by atoms with Crippen molar-refractivity contribution in [1.82, 2.24) is 39.6 Å². The molecule has 44 heavy (non-hydrogen) atoms. The van der Waals surface area contributed by atoms with E-state index in [4.69, 9.17) is 9.47 Å². The number of nitrogens with one attached hydrogen (secondary N) is 1. The van der Waals surface area contributed by atoms with Crippen molar-refractivity contribution in [3.05, 3.63) is 60.7 Å². The Morgan fingerprint density at radius 1 is 1.05 bits per heavy atom. The first-order chi connectivity index (χ1) is 21.2. The second-order valence-electron chi connectivity index (χ2n) is 12.1. The Labute approximate surface area is 255 Å². The molecule has 1 unspecified atom stereocenters. The zero-order chi connectivity index (χ0) is 30.7. The van der Waals surface area contributed by atoms with Gasteiger partial charge >= 0.3 is 6.09 Å². The second-order valence-corrected chi connectivity index (χ2v) is 12.1. The van der Waals surface area contributed by atoms with Crippen LogP contribution in [0.25, 0.3) is 22.6 Å². The minimum absolute atomic E-state index is 0.00105. The number of amides is 2. The Morgan fingerprint density at radius 3 is 2.70 bits per heavy atom. The van der Waals surface area contributed by atoms with Crippen molar-refractivity contribution in [2.75, 3.05) is 25.0 Å². The van der Waals surface area contributed by atoms with Gasteiger partial charge < -0.3 is 19.7 Å². The largest absolute Gasteiger partial charge is 0.444 e. The highest BCUT2D eigenvalue weighted by Gasteiger charge is 2.29. The summed E-state index contributed by atoms with van der Waals surface area (Å²) in [4.78, 5) is 36.4. The highest BCUT2D eigenvalue weighted by molar-refractivity contribution is 6.02. The van der Waals surface area contributed by atoms with Crippen molar-refractivity contribution in [2.24, 2.45) is 0 Å².